The lowest BCUT2D eigenvalue weighted by atomic mass is 9.76. The molecule has 8 nitrogen and oxygen atoms in total. The number of aliphatic hydroxyl groups excluding tert-OH is 1. The van der Waals surface area contributed by atoms with Crippen molar-refractivity contribution < 1.29 is 42.5 Å². The lowest BCUT2D eigenvalue weighted by molar-refractivity contribution is -0.890. The molecular weight excluding hydrogens is 542 g/mol. The number of aliphatic carboxylic acids is 1. The molecular formula is C29H35F2N2O6S+. The van der Waals surface area contributed by atoms with E-state index in [1.165, 1.54) is 11.3 Å². The Balaban J connectivity index is 1.44. The van der Waals surface area contributed by atoms with Crippen molar-refractivity contribution in [2.75, 3.05) is 47.5 Å². The molecule has 1 aliphatic rings. The maximum Gasteiger partial charge on any atom is 0.304 e. The quantitative estimate of drug-likeness (QED) is 0.219. The van der Waals surface area contributed by atoms with Crippen LogP contribution in [0.3, 0.4) is 0 Å². The Kier molecular flexibility index (Phi) is 9.06. The van der Waals surface area contributed by atoms with Gasteiger partial charge in [-0.1, -0.05) is 0 Å². The number of carboxylic acids is 1. The number of ether oxygens (including phenoxy) is 2. The van der Waals surface area contributed by atoms with E-state index in [0.29, 0.717) is 57.2 Å². The van der Waals surface area contributed by atoms with Crippen LogP contribution in [-0.4, -0.2) is 78.9 Å². The Morgan fingerprint density at radius 1 is 1.07 bits per heavy atom. The van der Waals surface area contributed by atoms with Crippen molar-refractivity contribution in [2.24, 2.45) is 5.41 Å². The van der Waals surface area contributed by atoms with Crippen LogP contribution in [0.25, 0.3) is 10.2 Å². The Hall–Kier alpha value is -3.15. The summed E-state index contributed by atoms with van der Waals surface area (Å²) >= 11 is 1.42. The van der Waals surface area contributed by atoms with E-state index in [0.717, 1.165) is 29.8 Å². The molecule has 0 atom stereocenters. The summed E-state index contributed by atoms with van der Waals surface area (Å²) in [5, 5.41) is 19.4. The van der Waals surface area contributed by atoms with Crippen LogP contribution in [0.1, 0.15) is 35.4 Å². The van der Waals surface area contributed by atoms with Crippen LogP contribution >= 0.6 is 11.3 Å². The number of quaternary nitrogens is 1. The van der Waals surface area contributed by atoms with Crippen LogP contribution in [-0.2, 0) is 28.9 Å². The Labute approximate surface area is 235 Å². The molecule has 3 aromatic rings. The standard InChI is InChI=1S/C29H34F2N2O6S/c1-33(2,8-9-34)7-4-10-39-24-13-22-25(14-23(24)38-3)40-27(32-22)6-5-26(35)29(17-28(36)37)15-18-11-20(30)21(31)12-19(18)16-29/h11-14,34H,4-10,15-17H2,1-3H3/p+1. The number of hydrogen-bond acceptors (Lipinski definition) is 7. The summed E-state index contributed by atoms with van der Waals surface area (Å²) < 4.78 is 40.7. The Bertz CT molecular complexity index is 1380. The molecule has 1 aliphatic carbocycles. The lowest BCUT2D eigenvalue weighted by Gasteiger charge is -2.28. The van der Waals surface area contributed by atoms with Crippen LogP contribution in [0.5, 0.6) is 11.5 Å². The first kappa shape index (κ1) is 29.8. The van der Waals surface area contributed by atoms with Crippen molar-refractivity contribution in [3.63, 3.8) is 0 Å². The second-order valence-electron chi connectivity index (χ2n) is 11.0. The minimum absolute atomic E-state index is 0.0639. The number of aromatic nitrogens is 1. The molecule has 0 fully saturated rings. The molecule has 0 amide bonds. The molecule has 0 saturated carbocycles. The van der Waals surface area contributed by atoms with Gasteiger partial charge in [-0.05, 0) is 36.1 Å². The topological polar surface area (TPSA) is 106 Å². The number of aryl methyl sites for hydroxylation is 1. The number of rotatable bonds is 14. The van der Waals surface area contributed by atoms with Gasteiger partial charge in [0, 0.05) is 36.8 Å². The molecule has 11 heteroatoms. The van der Waals surface area contributed by atoms with E-state index in [1.807, 2.05) is 12.1 Å². The number of likely N-dealkylation sites (N-methyl/N-ethyl adjacent to an activating group) is 1. The van der Waals surface area contributed by atoms with Gasteiger partial charge >= 0.3 is 5.97 Å². The van der Waals surface area contributed by atoms with Crippen LogP contribution in [0, 0.1) is 17.0 Å². The highest BCUT2D eigenvalue weighted by molar-refractivity contribution is 7.18. The minimum atomic E-state index is -1.24. The molecule has 0 radical (unpaired) electrons. The SMILES string of the molecule is COc1cc2sc(CCC(=O)C3(CC(=O)O)Cc4cc(F)c(F)cc4C3)nc2cc1OCCC[N+](C)(C)CCO. The number of carboxylic acid groups (broad SMARTS) is 1. The number of hydrogen-bond donors (Lipinski definition) is 2. The fourth-order valence-electron chi connectivity index (χ4n) is 5.37. The third-order valence-electron chi connectivity index (χ3n) is 7.54. The van der Waals surface area contributed by atoms with Crippen LogP contribution in [0.4, 0.5) is 8.78 Å². The predicted molar refractivity (Wildman–Crippen MR) is 147 cm³/mol. The first-order chi connectivity index (χ1) is 18.9. The summed E-state index contributed by atoms with van der Waals surface area (Å²) in [6.45, 7) is 2.12. The van der Waals surface area contributed by atoms with Gasteiger partial charge in [0.2, 0.25) is 0 Å². The first-order valence-corrected chi connectivity index (χ1v) is 14.0. The monoisotopic (exact) mass is 577 g/mol. The number of benzene rings is 2. The van der Waals surface area contributed by atoms with Crippen molar-refractivity contribution in [2.45, 2.75) is 38.5 Å². The summed E-state index contributed by atoms with van der Waals surface area (Å²) in [7, 11) is 5.67. The third-order valence-corrected chi connectivity index (χ3v) is 8.61. The highest BCUT2D eigenvalue weighted by Gasteiger charge is 2.45. The maximum atomic E-state index is 13.8. The average Bonchev–Trinajstić information content (AvgIpc) is 3.44. The molecule has 1 aromatic heterocycles. The van der Waals surface area contributed by atoms with Gasteiger partial charge in [0.15, 0.2) is 23.1 Å². The van der Waals surface area contributed by atoms with Crippen molar-refractivity contribution in [1.29, 1.82) is 0 Å². The summed E-state index contributed by atoms with van der Waals surface area (Å²) in [6, 6.07) is 5.79. The van der Waals surface area contributed by atoms with E-state index in [4.69, 9.17) is 9.47 Å². The van der Waals surface area contributed by atoms with E-state index in [1.54, 1.807) is 7.11 Å². The molecule has 4 rings (SSSR count). The second-order valence-corrected chi connectivity index (χ2v) is 12.2. The van der Waals surface area contributed by atoms with Crippen molar-refractivity contribution in [3.8, 4) is 11.5 Å². The number of methoxy groups -OCH3 is 1. The van der Waals surface area contributed by atoms with Crippen LogP contribution in [0.15, 0.2) is 24.3 Å². The van der Waals surface area contributed by atoms with Crippen LogP contribution < -0.4 is 9.47 Å². The van der Waals surface area contributed by atoms with Gasteiger partial charge in [-0.15, -0.1) is 11.3 Å². The molecule has 0 bridgehead atoms. The molecule has 2 aromatic carbocycles. The molecule has 0 unspecified atom stereocenters. The number of fused-ring (bicyclic) bond motifs is 2. The lowest BCUT2D eigenvalue weighted by Crippen LogP contribution is -2.43. The fraction of sp³-hybridized carbons (Fsp3) is 0.483. The zero-order chi connectivity index (χ0) is 29.1. The van der Waals surface area contributed by atoms with Gasteiger partial charge in [-0.2, -0.15) is 0 Å². The van der Waals surface area contributed by atoms with E-state index in [9.17, 15) is 28.6 Å². The van der Waals surface area contributed by atoms with Gasteiger partial charge in [0.25, 0.3) is 0 Å². The second kappa shape index (κ2) is 12.2. The van der Waals surface area contributed by atoms with Gasteiger partial charge in [0.05, 0.1) is 62.6 Å². The number of nitrogens with zero attached hydrogens (tertiary/aromatic N) is 2. The first-order valence-electron chi connectivity index (χ1n) is 13.2. The zero-order valence-corrected chi connectivity index (χ0v) is 23.8. The van der Waals surface area contributed by atoms with Crippen molar-refractivity contribution >= 4 is 33.3 Å². The number of halogens is 2. The van der Waals surface area contributed by atoms with E-state index in [-0.39, 0.29) is 31.7 Å². The number of Topliss-reactive ketones (excluding diaryl/α,β-unsaturated/α-hetero) is 1. The fourth-order valence-corrected chi connectivity index (χ4v) is 6.34. The predicted octanol–water partition coefficient (Wildman–Crippen LogP) is 4.18. The van der Waals surface area contributed by atoms with Gasteiger partial charge in [-0.25, -0.2) is 13.8 Å². The molecule has 40 heavy (non-hydrogen) atoms. The van der Waals surface area contributed by atoms with Crippen LogP contribution in [0.2, 0.25) is 0 Å². The van der Waals surface area contributed by atoms with Gasteiger partial charge in [-0.3, -0.25) is 9.59 Å². The summed E-state index contributed by atoms with van der Waals surface area (Å²) in [5.41, 5.74) is 0.423. The number of carbonyl (C=O) groups excluding carboxylic acids is 1. The van der Waals surface area contributed by atoms with E-state index >= 15 is 0 Å². The number of carbonyl (C=O) groups is 2. The van der Waals surface area contributed by atoms with E-state index < -0.39 is 29.4 Å². The largest absolute Gasteiger partial charge is 0.493 e. The number of ketones is 1. The highest BCUT2D eigenvalue weighted by atomic mass is 32.1. The smallest absolute Gasteiger partial charge is 0.304 e. The average molecular weight is 578 g/mol. The number of aliphatic hydroxyl groups is 1. The zero-order valence-electron chi connectivity index (χ0n) is 23.0. The summed E-state index contributed by atoms with van der Waals surface area (Å²) in [4.78, 5) is 29.7. The Morgan fingerprint density at radius 3 is 2.35 bits per heavy atom. The van der Waals surface area contributed by atoms with Gasteiger partial charge < -0.3 is 24.2 Å². The normalized spacial score (nSPS) is 14.3. The highest BCUT2D eigenvalue weighted by Crippen LogP contribution is 2.43. The Morgan fingerprint density at radius 2 is 1.75 bits per heavy atom. The van der Waals surface area contributed by atoms with Gasteiger partial charge in [0.1, 0.15) is 12.3 Å². The third kappa shape index (κ3) is 6.76. The molecule has 0 spiro atoms. The molecule has 216 valence electrons. The number of thiazole rings is 1. The molecule has 0 saturated heterocycles. The summed E-state index contributed by atoms with van der Waals surface area (Å²) in [6.07, 6.45) is 0.901. The summed E-state index contributed by atoms with van der Waals surface area (Å²) in [5.74, 6) is -2.25. The van der Waals surface area contributed by atoms with E-state index in [2.05, 4.69) is 19.1 Å². The molecule has 1 heterocycles. The van der Waals surface area contributed by atoms with Crippen molar-refractivity contribution in [3.05, 3.63) is 52.0 Å². The molecule has 2 N–H and O–H groups in total. The molecule has 0 aliphatic heterocycles. The minimum Gasteiger partial charge on any atom is -0.493 e. The van der Waals surface area contributed by atoms with Crippen molar-refractivity contribution in [1.82, 2.24) is 4.98 Å². The maximum absolute atomic E-state index is 13.8.